The van der Waals surface area contributed by atoms with Crippen LogP contribution >= 0.6 is 11.6 Å². The quantitative estimate of drug-likeness (QED) is 0.780. The number of aliphatic carboxylic acids is 1. The van der Waals surface area contributed by atoms with Crippen molar-refractivity contribution in [2.75, 3.05) is 11.9 Å². The van der Waals surface area contributed by atoms with E-state index in [0.717, 1.165) is 6.08 Å². The first-order chi connectivity index (χ1) is 7.09. The van der Waals surface area contributed by atoms with Crippen LogP contribution in [0.1, 0.15) is 0 Å². The molecule has 0 aliphatic rings. The zero-order valence-electron chi connectivity index (χ0n) is 7.71. The minimum atomic E-state index is -1.01. The fourth-order valence-corrected chi connectivity index (χ4v) is 1.12. The maximum atomic E-state index is 12.7. The summed E-state index contributed by atoms with van der Waals surface area (Å²) < 4.78 is 12.7. The van der Waals surface area contributed by atoms with Gasteiger partial charge in [0.05, 0.1) is 5.02 Å². The second-order valence-corrected chi connectivity index (χ2v) is 3.16. The van der Waals surface area contributed by atoms with Crippen molar-refractivity contribution in [2.45, 2.75) is 0 Å². The topological polar surface area (TPSA) is 49.3 Å². The summed E-state index contributed by atoms with van der Waals surface area (Å²) in [5.74, 6) is -1.49. The van der Waals surface area contributed by atoms with Crippen LogP contribution in [0.5, 0.6) is 0 Å². The van der Waals surface area contributed by atoms with Crippen molar-refractivity contribution in [3.8, 4) is 0 Å². The van der Waals surface area contributed by atoms with Gasteiger partial charge in [-0.1, -0.05) is 17.7 Å². The summed E-state index contributed by atoms with van der Waals surface area (Å²) in [7, 11) is 0. The van der Waals surface area contributed by atoms with Crippen LogP contribution in [0, 0.1) is 5.82 Å². The largest absolute Gasteiger partial charge is 0.478 e. The Labute approximate surface area is 91.2 Å². The van der Waals surface area contributed by atoms with E-state index in [9.17, 15) is 9.18 Å². The number of carboxylic acids is 1. The number of hydrogen-bond acceptors (Lipinski definition) is 2. The molecule has 2 N–H and O–H groups in total. The molecule has 0 aliphatic heterocycles. The van der Waals surface area contributed by atoms with Crippen LogP contribution in [-0.4, -0.2) is 17.6 Å². The van der Waals surface area contributed by atoms with Gasteiger partial charge in [-0.3, -0.25) is 0 Å². The Balaban J connectivity index is 2.51. The van der Waals surface area contributed by atoms with Crippen molar-refractivity contribution in [2.24, 2.45) is 0 Å². The van der Waals surface area contributed by atoms with E-state index in [1.165, 1.54) is 24.3 Å². The van der Waals surface area contributed by atoms with Gasteiger partial charge in [-0.05, 0) is 18.2 Å². The lowest BCUT2D eigenvalue weighted by atomic mass is 10.3. The van der Waals surface area contributed by atoms with Crippen LogP contribution in [0.25, 0.3) is 0 Å². The molecule has 0 bridgehead atoms. The van der Waals surface area contributed by atoms with Crippen molar-refractivity contribution in [1.29, 1.82) is 0 Å². The zero-order valence-corrected chi connectivity index (χ0v) is 8.46. The summed E-state index contributed by atoms with van der Waals surface area (Å²) in [6.07, 6.45) is 2.47. The first-order valence-electron chi connectivity index (χ1n) is 4.18. The molecule has 80 valence electrons. The highest BCUT2D eigenvalue weighted by atomic mass is 35.5. The highest BCUT2D eigenvalue weighted by Gasteiger charge is 1.99. The van der Waals surface area contributed by atoms with Crippen LogP contribution in [0.3, 0.4) is 0 Å². The van der Waals surface area contributed by atoms with Crippen molar-refractivity contribution < 1.29 is 14.3 Å². The lowest BCUT2D eigenvalue weighted by Crippen LogP contribution is -1.99. The van der Waals surface area contributed by atoms with Crippen LogP contribution in [0.15, 0.2) is 30.4 Å². The van der Waals surface area contributed by atoms with E-state index >= 15 is 0 Å². The molecule has 1 aromatic carbocycles. The average Bonchev–Trinajstić information content (AvgIpc) is 2.18. The molecular formula is C10H9ClFNO2. The molecule has 0 unspecified atom stereocenters. The van der Waals surface area contributed by atoms with E-state index in [0.29, 0.717) is 12.2 Å². The minimum Gasteiger partial charge on any atom is -0.478 e. The van der Waals surface area contributed by atoms with Gasteiger partial charge in [0.1, 0.15) is 5.82 Å². The number of halogens is 2. The van der Waals surface area contributed by atoms with E-state index in [4.69, 9.17) is 16.7 Å². The maximum absolute atomic E-state index is 12.7. The third kappa shape index (κ3) is 3.99. The smallest absolute Gasteiger partial charge is 0.328 e. The molecule has 0 radical (unpaired) electrons. The van der Waals surface area contributed by atoms with Gasteiger partial charge >= 0.3 is 5.97 Å². The molecule has 0 atom stereocenters. The maximum Gasteiger partial charge on any atom is 0.328 e. The van der Waals surface area contributed by atoms with Gasteiger partial charge in [-0.15, -0.1) is 0 Å². The van der Waals surface area contributed by atoms with Gasteiger partial charge in [0, 0.05) is 18.3 Å². The number of benzene rings is 1. The monoisotopic (exact) mass is 229 g/mol. The number of carboxylic acid groups (broad SMARTS) is 1. The fraction of sp³-hybridized carbons (Fsp3) is 0.100. The second-order valence-electron chi connectivity index (χ2n) is 2.75. The summed E-state index contributed by atoms with van der Waals surface area (Å²) >= 11 is 5.55. The molecule has 0 saturated carbocycles. The highest BCUT2D eigenvalue weighted by Crippen LogP contribution is 2.18. The Kier molecular flexibility index (Phi) is 4.12. The number of carbonyl (C=O) groups is 1. The van der Waals surface area contributed by atoms with E-state index in [-0.39, 0.29) is 5.02 Å². The summed E-state index contributed by atoms with van der Waals surface area (Å²) in [5, 5.41) is 11.2. The Morgan fingerprint density at radius 3 is 2.93 bits per heavy atom. The first kappa shape index (κ1) is 11.5. The summed E-state index contributed by atoms with van der Waals surface area (Å²) in [6.45, 7) is 0.342. The van der Waals surface area contributed by atoms with Gasteiger partial charge in [0.2, 0.25) is 0 Å². The summed E-state index contributed by atoms with van der Waals surface area (Å²) in [4.78, 5) is 10.1. The predicted molar refractivity (Wildman–Crippen MR) is 56.7 cm³/mol. The Morgan fingerprint density at radius 2 is 2.33 bits per heavy atom. The van der Waals surface area contributed by atoms with Gasteiger partial charge in [0.25, 0.3) is 0 Å². The molecule has 15 heavy (non-hydrogen) atoms. The van der Waals surface area contributed by atoms with Crippen LogP contribution in [-0.2, 0) is 4.79 Å². The third-order valence-corrected chi connectivity index (χ3v) is 1.89. The first-order valence-corrected chi connectivity index (χ1v) is 4.56. The molecule has 0 heterocycles. The number of nitrogens with one attached hydrogen (secondary N) is 1. The van der Waals surface area contributed by atoms with Gasteiger partial charge in [-0.2, -0.15) is 0 Å². The van der Waals surface area contributed by atoms with E-state index < -0.39 is 11.8 Å². The summed E-state index contributed by atoms with van der Waals surface area (Å²) in [5.41, 5.74) is 0.636. The van der Waals surface area contributed by atoms with E-state index in [2.05, 4.69) is 5.32 Å². The normalized spacial score (nSPS) is 10.5. The van der Waals surface area contributed by atoms with Crippen molar-refractivity contribution >= 4 is 23.3 Å². The lowest BCUT2D eigenvalue weighted by molar-refractivity contribution is -0.131. The SMILES string of the molecule is O=C(O)/C=C/CNc1ccc(F)c(Cl)c1. The molecule has 0 fully saturated rings. The molecular weight excluding hydrogens is 221 g/mol. The minimum absolute atomic E-state index is 0.0298. The van der Waals surface area contributed by atoms with Crippen LogP contribution < -0.4 is 5.32 Å². The van der Waals surface area contributed by atoms with E-state index in [1.54, 1.807) is 0 Å². The molecule has 5 heteroatoms. The Bertz CT molecular complexity index is 393. The Hall–Kier alpha value is -1.55. The molecule has 0 saturated heterocycles. The number of anilines is 1. The van der Waals surface area contributed by atoms with Crippen LogP contribution in [0.2, 0.25) is 5.02 Å². The van der Waals surface area contributed by atoms with Gasteiger partial charge < -0.3 is 10.4 Å². The van der Waals surface area contributed by atoms with Gasteiger partial charge in [0.15, 0.2) is 0 Å². The fourth-order valence-electron chi connectivity index (χ4n) is 0.943. The molecule has 0 aliphatic carbocycles. The van der Waals surface area contributed by atoms with Crippen molar-refractivity contribution in [3.05, 3.63) is 41.2 Å². The molecule has 0 spiro atoms. The third-order valence-electron chi connectivity index (χ3n) is 1.60. The predicted octanol–water partition coefficient (Wildman–Crippen LogP) is 2.53. The molecule has 0 aromatic heterocycles. The molecule has 1 rings (SSSR count). The molecule has 3 nitrogen and oxygen atoms in total. The summed E-state index contributed by atoms with van der Waals surface area (Å²) in [6, 6.07) is 4.20. The molecule has 0 amide bonds. The van der Waals surface area contributed by atoms with Gasteiger partial charge in [-0.25, -0.2) is 9.18 Å². The number of hydrogen-bond donors (Lipinski definition) is 2. The van der Waals surface area contributed by atoms with Crippen molar-refractivity contribution in [3.63, 3.8) is 0 Å². The molecule has 1 aromatic rings. The van der Waals surface area contributed by atoms with Crippen LogP contribution in [0.4, 0.5) is 10.1 Å². The average molecular weight is 230 g/mol. The second kappa shape index (κ2) is 5.36. The Morgan fingerprint density at radius 1 is 1.60 bits per heavy atom. The zero-order chi connectivity index (χ0) is 11.3. The highest BCUT2D eigenvalue weighted by molar-refractivity contribution is 6.31. The lowest BCUT2D eigenvalue weighted by Gasteiger charge is -2.03. The standard InChI is InChI=1S/C10H9ClFNO2/c11-8-6-7(3-4-9(8)12)13-5-1-2-10(14)15/h1-4,6,13H,5H2,(H,14,15)/b2-1+. The van der Waals surface area contributed by atoms with E-state index in [1.807, 2.05) is 0 Å². The van der Waals surface area contributed by atoms with Crippen molar-refractivity contribution in [1.82, 2.24) is 0 Å². The number of rotatable bonds is 4.